The maximum atomic E-state index is 12.9. The Balaban J connectivity index is 1.67. The number of piperazine rings is 1. The Morgan fingerprint density at radius 3 is 2.44 bits per heavy atom. The average molecular weight is 367 g/mol. The molecule has 6 heteroatoms. The molecular formula is C21H29N5O. The minimum absolute atomic E-state index is 0.0324. The largest absolute Gasteiger partial charge is 0.368 e. The van der Waals surface area contributed by atoms with E-state index >= 15 is 0 Å². The van der Waals surface area contributed by atoms with Crippen molar-refractivity contribution in [1.82, 2.24) is 14.9 Å². The van der Waals surface area contributed by atoms with E-state index in [1.807, 2.05) is 25.7 Å². The Morgan fingerprint density at radius 2 is 1.78 bits per heavy atom. The molecule has 0 atom stereocenters. The number of hydrogen-bond acceptors (Lipinski definition) is 5. The SMILES string of the molecule is Cc1cccc(N2CCN(C(=O)c3ccnc(NC(C)(C)C)n3)CC2)c1C. The number of hydrogen-bond donors (Lipinski definition) is 1. The molecule has 0 saturated carbocycles. The molecule has 0 radical (unpaired) electrons. The van der Waals surface area contributed by atoms with Gasteiger partial charge in [0.05, 0.1) is 0 Å². The molecule has 1 saturated heterocycles. The highest BCUT2D eigenvalue weighted by Gasteiger charge is 2.24. The van der Waals surface area contributed by atoms with E-state index in [9.17, 15) is 4.79 Å². The maximum absolute atomic E-state index is 12.9. The van der Waals surface area contributed by atoms with Crippen molar-refractivity contribution in [3.05, 3.63) is 47.3 Å². The van der Waals surface area contributed by atoms with E-state index in [0.29, 0.717) is 24.7 Å². The topological polar surface area (TPSA) is 61.4 Å². The van der Waals surface area contributed by atoms with Gasteiger partial charge in [-0.3, -0.25) is 4.79 Å². The summed E-state index contributed by atoms with van der Waals surface area (Å²) in [4.78, 5) is 25.7. The molecule has 1 aromatic carbocycles. The van der Waals surface area contributed by atoms with Gasteiger partial charge in [-0.05, 0) is 57.9 Å². The first kappa shape index (κ1) is 19.1. The van der Waals surface area contributed by atoms with E-state index in [-0.39, 0.29) is 11.4 Å². The Bertz CT molecular complexity index is 820. The van der Waals surface area contributed by atoms with E-state index in [2.05, 4.69) is 52.2 Å². The number of amides is 1. The molecular weight excluding hydrogens is 338 g/mol. The first-order chi connectivity index (χ1) is 12.7. The van der Waals surface area contributed by atoms with Crippen LogP contribution in [0.3, 0.4) is 0 Å². The van der Waals surface area contributed by atoms with Crippen molar-refractivity contribution in [2.75, 3.05) is 36.4 Å². The van der Waals surface area contributed by atoms with Gasteiger partial charge in [0.2, 0.25) is 5.95 Å². The zero-order chi connectivity index (χ0) is 19.6. The lowest BCUT2D eigenvalue weighted by Gasteiger charge is -2.37. The molecule has 2 aromatic rings. The summed E-state index contributed by atoms with van der Waals surface area (Å²) < 4.78 is 0. The van der Waals surface area contributed by atoms with E-state index in [1.165, 1.54) is 16.8 Å². The fraction of sp³-hybridized carbons (Fsp3) is 0.476. The van der Waals surface area contributed by atoms with Crippen LogP contribution in [0.4, 0.5) is 11.6 Å². The predicted molar refractivity (Wildman–Crippen MR) is 109 cm³/mol. The number of aryl methyl sites for hydroxylation is 1. The van der Waals surface area contributed by atoms with Gasteiger partial charge in [-0.15, -0.1) is 0 Å². The highest BCUT2D eigenvalue weighted by molar-refractivity contribution is 5.92. The third-order valence-electron chi connectivity index (χ3n) is 4.85. The Hall–Kier alpha value is -2.63. The van der Waals surface area contributed by atoms with Crippen molar-refractivity contribution in [3.8, 4) is 0 Å². The van der Waals surface area contributed by atoms with Gasteiger partial charge in [-0.25, -0.2) is 9.97 Å². The lowest BCUT2D eigenvalue weighted by atomic mass is 10.1. The molecule has 1 fully saturated rings. The van der Waals surface area contributed by atoms with Crippen molar-refractivity contribution in [2.24, 2.45) is 0 Å². The minimum Gasteiger partial charge on any atom is -0.368 e. The monoisotopic (exact) mass is 367 g/mol. The second-order valence-corrected chi connectivity index (χ2v) is 8.14. The number of benzene rings is 1. The van der Waals surface area contributed by atoms with E-state index in [4.69, 9.17) is 0 Å². The smallest absolute Gasteiger partial charge is 0.272 e. The van der Waals surface area contributed by atoms with Crippen molar-refractivity contribution < 1.29 is 4.79 Å². The molecule has 0 aliphatic carbocycles. The van der Waals surface area contributed by atoms with Crippen molar-refractivity contribution in [1.29, 1.82) is 0 Å². The molecule has 144 valence electrons. The van der Waals surface area contributed by atoms with Gasteiger partial charge in [0, 0.05) is 43.6 Å². The fourth-order valence-corrected chi connectivity index (χ4v) is 3.26. The molecule has 27 heavy (non-hydrogen) atoms. The molecule has 2 heterocycles. The highest BCUT2D eigenvalue weighted by atomic mass is 16.2. The second kappa shape index (κ2) is 7.55. The van der Waals surface area contributed by atoms with Crippen LogP contribution in [0.5, 0.6) is 0 Å². The normalized spacial score (nSPS) is 15.0. The summed E-state index contributed by atoms with van der Waals surface area (Å²) in [6, 6.07) is 8.08. The minimum atomic E-state index is -0.154. The van der Waals surface area contributed by atoms with Gasteiger partial charge < -0.3 is 15.1 Å². The van der Waals surface area contributed by atoms with Crippen LogP contribution in [0, 0.1) is 13.8 Å². The van der Waals surface area contributed by atoms with E-state index < -0.39 is 0 Å². The first-order valence-electron chi connectivity index (χ1n) is 9.46. The van der Waals surface area contributed by atoms with E-state index in [0.717, 1.165) is 13.1 Å². The Kier molecular flexibility index (Phi) is 5.35. The average Bonchev–Trinajstić information content (AvgIpc) is 2.62. The quantitative estimate of drug-likeness (QED) is 0.902. The van der Waals surface area contributed by atoms with Gasteiger partial charge in [-0.2, -0.15) is 0 Å². The highest BCUT2D eigenvalue weighted by Crippen LogP contribution is 2.24. The standard InChI is InChI=1S/C21H29N5O/c1-15-7-6-8-18(16(15)2)25-11-13-26(14-12-25)19(27)17-9-10-22-20(23-17)24-21(3,4)5/h6-10H,11-14H2,1-5H3,(H,22,23,24). The molecule has 1 amide bonds. The van der Waals surface area contributed by atoms with Crippen LogP contribution in [-0.2, 0) is 0 Å². The lowest BCUT2D eigenvalue weighted by molar-refractivity contribution is 0.0740. The van der Waals surface area contributed by atoms with Crippen LogP contribution in [0.25, 0.3) is 0 Å². The summed E-state index contributed by atoms with van der Waals surface area (Å²) in [6.07, 6.45) is 1.64. The number of nitrogens with zero attached hydrogens (tertiary/aromatic N) is 4. The van der Waals surface area contributed by atoms with Crippen LogP contribution in [0.1, 0.15) is 42.4 Å². The van der Waals surface area contributed by atoms with Gasteiger partial charge >= 0.3 is 0 Å². The summed E-state index contributed by atoms with van der Waals surface area (Å²) in [6.45, 7) is 13.5. The molecule has 1 aliphatic rings. The van der Waals surface area contributed by atoms with Crippen LogP contribution in [-0.4, -0.2) is 52.5 Å². The fourth-order valence-electron chi connectivity index (χ4n) is 3.26. The predicted octanol–water partition coefficient (Wildman–Crippen LogP) is 3.27. The number of carbonyl (C=O) groups excluding carboxylic acids is 1. The Morgan fingerprint density at radius 1 is 1.07 bits per heavy atom. The second-order valence-electron chi connectivity index (χ2n) is 8.14. The van der Waals surface area contributed by atoms with E-state index in [1.54, 1.807) is 12.3 Å². The zero-order valence-corrected chi connectivity index (χ0v) is 16.9. The summed E-state index contributed by atoms with van der Waals surface area (Å²) in [5.74, 6) is 0.456. The summed E-state index contributed by atoms with van der Waals surface area (Å²) in [5, 5.41) is 3.22. The number of anilines is 2. The number of rotatable bonds is 3. The van der Waals surface area contributed by atoms with Crippen LogP contribution in [0.2, 0.25) is 0 Å². The van der Waals surface area contributed by atoms with Crippen LogP contribution >= 0.6 is 0 Å². The molecule has 1 N–H and O–H groups in total. The van der Waals surface area contributed by atoms with Gasteiger partial charge in [0.1, 0.15) is 5.69 Å². The molecule has 0 bridgehead atoms. The van der Waals surface area contributed by atoms with Gasteiger partial charge in [-0.1, -0.05) is 12.1 Å². The van der Waals surface area contributed by atoms with Crippen molar-refractivity contribution in [3.63, 3.8) is 0 Å². The molecule has 0 spiro atoms. The van der Waals surface area contributed by atoms with Crippen molar-refractivity contribution >= 4 is 17.5 Å². The van der Waals surface area contributed by atoms with Crippen LogP contribution < -0.4 is 10.2 Å². The summed E-state index contributed by atoms with van der Waals surface area (Å²) in [5.41, 5.74) is 4.16. The van der Waals surface area contributed by atoms with Crippen LogP contribution in [0.15, 0.2) is 30.5 Å². The lowest BCUT2D eigenvalue weighted by Crippen LogP contribution is -2.49. The first-order valence-corrected chi connectivity index (χ1v) is 9.46. The Labute approximate surface area is 161 Å². The van der Waals surface area contributed by atoms with Gasteiger partial charge in [0.15, 0.2) is 0 Å². The summed E-state index contributed by atoms with van der Waals surface area (Å²) in [7, 11) is 0. The maximum Gasteiger partial charge on any atom is 0.272 e. The molecule has 6 nitrogen and oxygen atoms in total. The molecule has 3 rings (SSSR count). The molecule has 1 aromatic heterocycles. The summed E-state index contributed by atoms with van der Waals surface area (Å²) >= 11 is 0. The number of aromatic nitrogens is 2. The molecule has 0 unspecified atom stereocenters. The number of nitrogens with one attached hydrogen (secondary N) is 1. The third-order valence-corrected chi connectivity index (χ3v) is 4.85. The zero-order valence-electron chi connectivity index (χ0n) is 16.9. The number of carbonyl (C=O) groups is 1. The molecule has 1 aliphatic heterocycles. The van der Waals surface area contributed by atoms with Gasteiger partial charge in [0.25, 0.3) is 5.91 Å². The van der Waals surface area contributed by atoms with Crippen molar-refractivity contribution in [2.45, 2.75) is 40.2 Å². The third kappa shape index (κ3) is 4.56.